The van der Waals surface area contributed by atoms with Gasteiger partial charge in [-0.2, -0.15) is 13.2 Å². The molecule has 1 aliphatic rings. The van der Waals surface area contributed by atoms with E-state index in [2.05, 4.69) is 5.32 Å². The molecule has 5 nitrogen and oxygen atoms in total. The summed E-state index contributed by atoms with van der Waals surface area (Å²) in [7, 11) is 0. The molecule has 1 amide bonds. The number of carbonyl (C=O) groups excluding carboxylic acids is 1. The van der Waals surface area contributed by atoms with Crippen LogP contribution in [0.2, 0.25) is 0 Å². The van der Waals surface area contributed by atoms with Gasteiger partial charge in [0.2, 0.25) is 5.91 Å². The van der Waals surface area contributed by atoms with Gasteiger partial charge in [0.05, 0.1) is 11.8 Å². The van der Waals surface area contributed by atoms with Gasteiger partial charge in [-0.05, 0) is 12.5 Å². The highest BCUT2D eigenvalue weighted by molar-refractivity contribution is 5.89. The van der Waals surface area contributed by atoms with Crippen LogP contribution in [0, 0.1) is 11.8 Å². The Morgan fingerprint density at radius 2 is 1.95 bits per heavy atom. The second-order valence-electron chi connectivity index (χ2n) is 5.02. The Balaban J connectivity index is 1.90. The fraction of sp³-hybridized carbons (Fsp3) is 0.429. The van der Waals surface area contributed by atoms with Crippen LogP contribution in [0.5, 0.6) is 5.75 Å². The van der Waals surface area contributed by atoms with Gasteiger partial charge in [0, 0.05) is 12.1 Å². The number of benzene rings is 1. The van der Waals surface area contributed by atoms with Gasteiger partial charge in [0.15, 0.2) is 6.61 Å². The van der Waals surface area contributed by atoms with E-state index in [0.717, 1.165) is 0 Å². The lowest BCUT2D eigenvalue weighted by molar-refractivity contribution is -0.153. The molecular formula is C14H14F3NO4. The van der Waals surface area contributed by atoms with Crippen molar-refractivity contribution in [1.82, 2.24) is 5.32 Å². The molecule has 2 unspecified atom stereocenters. The van der Waals surface area contributed by atoms with Crippen LogP contribution < -0.4 is 10.1 Å². The van der Waals surface area contributed by atoms with Crippen LogP contribution in [0.1, 0.15) is 12.0 Å². The van der Waals surface area contributed by atoms with Crippen molar-refractivity contribution in [2.45, 2.75) is 19.1 Å². The first-order valence-corrected chi connectivity index (χ1v) is 6.56. The lowest BCUT2D eigenvalue weighted by atomic mass is 10.2. The van der Waals surface area contributed by atoms with Crippen molar-refractivity contribution in [3.63, 3.8) is 0 Å². The van der Waals surface area contributed by atoms with Gasteiger partial charge in [-0.1, -0.05) is 18.2 Å². The zero-order chi connectivity index (χ0) is 16.3. The maximum Gasteiger partial charge on any atom is 0.422 e. The third kappa shape index (κ3) is 4.37. The number of alkyl halides is 3. The van der Waals surface area contributed by atoms with Gasteiger partial charge < -0.3 is 15.2 Å². The SMILES string of the molecule is O=C(O)C1CC1C(=O)NCc1ccccc1OCC(F)(F)F. The number of hydrogen-bond acceptors (Lipinski definition) is 3. The first-order valence-electron chi connectivity index (χ1n) is 6.56. The summed E-state index contributed by atoms with van der Waals surface area (Å²) >= 11 is 0. The molecular weight excluding hydrogens is 303 g/mol. The molecule has 1 saturated carbocycles. The summed E-state index contributed by atoms with van der Waals surface area (Å²) in [6.45, 7) is -1.43. The number of ether oxygens (including phenoxy) is 1. The van der Waals surface area contributed by atoms with E-state index in [0.29, 0.717) is 5.56 Å². The van der Waals surface area contributed by atoms with Crippen LogP contribution in [0.3, 0.4) is 0 Å². The maximum absolute atomic E-state index is 12.2. The number of nitrogens with one attached hydrogen (secondary N) is 1. The van der Waals surface area contributed by atoms with Crippen LogP contribution in [-0.4, -0.2) is 29.8 Å². The van der Waals surface area contributed by atoms with E-state index >= 15 is 0 Å². The second-order valence-corrected chi connectivity index (χ2v) is 5.02. The minimum Gasteiger partial charge on any atom is -0.484 e. The predicted molar refractivity (Wildman–Crippen MR) is 69.1 cm³/mol. The Labute approximate surface area is 124 Å². The van der Waals surface area contributed by atoms with Gasteiger partial charge in [-0.25, -0.2) is 0 Å². The molecule has 22 heavy (non-hydrogen) atoms. The standard InChI is InChI=1S/C14H14F3NO4/c15-14(16,17)7-22-11-4-2-1-3-8(11)6-18-12(19)9-5-10(9)13(20)21/h1-4,9-10H,5-7H2,(H,18,19)(H,20,21). The summed E-state index contributed by atoms with van der Waals surface area (Å²) in [5.41, 5.74) is 0.396. The number of halogens is 3. The predicted octanol–water partition coefficient (Wildman–Crippen LogP) is 1.96. The molecule has 0 bridgehead atoms. The fourth-order valence-corrected chi connectivity index (χ4v) is 2.02. The minimum absolute atomic E-state index is 0.0182. The molecule has 2 atom stereocenters. The molecule has 2 rings (SSSR count). The molecule has 120 valence electrons. The van der Waals surface area contributed by atoms with Crippen molar-refractivity contribution >= 4 is 11.9 Å². The normalized spacial score (nSPS) is 20.3. The average Bonchev–Trinajstić information content (AvgIpc) is 3.23. The molecule has 0 aliphatic heterocycles. The number of carboxylic acid groups (broad SMARTS) is 1. The molecule has 2 N–H and O–H groups in total. The van der Waals surface area contributed by atoms with E-state index in [9.17, 15) is 22.8 Å². The minimum atomic E-state index is -4.45. The highest BCUT2D eigenvalue weighted by Crippen LogP contribution is 2.38. The van der Waals surface area contributed by atoms with E-state index in [1.54, 1.807) is 6.07 Å². The molecule has 1 aliphatic carbocycles. The number of hydrogen-bond donors (Lipinski definition) is 2. The summed E-state index contributed by atoms with van der Waals surface area (Å²) in [5.74, 6) is -2.64. The van der Waals surface area contributed by atoms with Crippen LogP contribution in [-0.2, 0) is 16.1 Å². The molecule has 1 fully saturated rings. The number of para-hydroxylation sites is 1. The molecule has 0 heterocycles. The monoisotopic (exact) mass is 317 g/mol. The van der Waals surface area contributed by atoms with Crippen molar-refractivity contribution in [1.29, 1.82) is 0 Å². The number of carbonyl (C=O) groups is 2. The van der Waals surface area contributed by atoms with Gasteiger partial charge in [-0.15, -0.1) is 0 Å². The number of amides is 1. The van der Waals surface area contributed by atoms with Crippen LogP contribution >= 0.6 is 0 Å². The van der Waals surface area contributed by atoms with Crippen molar-refractivity contribution in [2.75, 3.05) is 6.61 Å². The van der Waals surface area contributed by atoms with Gasteiger partial charge in [0.1, 0.15) is 5.75 Å². The highest BCUT2D eigenvalue weighted by Gasteiger charge is 2.48. The Morgan fingerprint density at radius 3 is 2.55 bits per heavy atom. The van der Waals surface area contributed by atoms with Crippen molar-refractivity contribution in [2.24, 2.45) is 11.8 Å². The summed E-state index contributed by atoms with van der Waals surface area (Å²) in [6, 6.07) is 6.05. The van der Waals surface area contributed by atoms with E-state index in [4.69, 9.17) is 9.84 Å². The van der Waals surface area contributed by atoms with Gasteiger partial charge >= 0.3 is 12.1 Å². The third-order valence-electron chi connectivity index (χ3n) is 3.26. The van der Waals surface area contributed by atoms with Crippen LogP contribution in [0.15, 0.2) is 24.3 Å². The van der Waals surface area contributed by atoms with Crippen LogP contribution in [0.4, 0.5) is 13.2 Å². The van der Waals surface area contributed by atoms with E-state index in [1.807, 2.05) is 0 Å². The van der Waals surface area contributed by atoms with Crippen molar-refractivity contribution in [3.05, 3.63) is 29.8 Å². The van der Waals surface area contributed by atoms with Crippen molar-refractivity contribution < 1.29 is 32.6 Å². The van der Waals surface area contributed by atoms with Crippen molar-refractivity contribution in [3.8, 4) is 5.75 Å². The summed E-state index contributed by atoms with van der Waals surface area (Å²) in [5, 5.41) is 11.3. The van der Waals surface area contributed by atoms with E-state index in [-0.39, 0.29) is 18.7 Å². The lowest BCUT2D eigenvalue weighted by Crippen LogP contribution is -2.26. The first-order chi connectivity index (χ1) is 10.3. The van der Waals surface area contributed by atoms with Gasteiger partial charge in [0.25, 0.3) is 0 Å². The number of carboxylic acids is 1. The smallest absolute Gasteiger partial charge is 0.422 e. The largest absolute Gasteiger partial charge is 0.484 e. The Bertz CT molecular complexity index is 573. The second kappa shape index (κ2) is 6.25. The third-order valence-corrected chi connectivity index (χ3v) is 3.26. The summed E-state index contributed by atoms with van der Waals surface area (Å²) in [4.78, 5) is 22.4. The quantitative estimate of drug-likeness (QED) is 0.841. The van der Waals surface area contributed by atoms with E-state index < -0.39 is 36.5 Å². The molecule has 1 aromatic carbocycles. The highest BCUT2D eigenvalue weighted by atomic mass is 19.4. The molecule has 1 aromatic rings. The summed E-state index contributed by atoms with van der Waals surface area (Å²) < 4.78 is 41.2. The summed E-state index contributed by atoms with van der Waals surface area (Å²) in [6.07, 6.45) is -4.16. The number of rotatable bonds is 6. The molecule has 0 saturated heterocycles. The maximum atomic E-state index is 12.2. The fourth-order valence-electron chi connectivity index (χ4n) is 2.02. The Hall–Kier alpha value is -2.25. The lowest BCUT2D eigenvalue weighted by Gasteiger charge is -2.13. The average molecular weight is 317 g/mol. The topological polar surface area (TPSA) is 75.6 Å². The number of aliphatic carboxylic acids is 1. The van der Waals surface area contributed by atoms with E-state index in [1.165, 1.54) is 18.2 Å². The van der Waals surface area contributed by atoms with Gasteiger partial charge in [-0.3, -0.25) is 9.59 Å². The molecule has 0 radical (unpaired) electrons. The Kier molecular flexibility index (Phi) is 4.58. The van der Waals surface area contributed by atoms with Crippen LogP contribution in [0.25, 0.3) is 0 Å². The molecule has 8 heteroatoms. The Morgan fingerprint density at radius 1 is 1.27 bits per heavy atom. The first kappa shape index (κ1) is 16.1. The molecule has 0 spiro atoms. The zero-order valence-corrected chi connectivity index (χ0v) is 11.4. The zero-order valence-electron chi connectivity index (χ0n) is 11.4. The molecule has 0 aromatic heterocycles.